The number of nitrogens with zero attached hydrogens (tertiary/aromatic N) is 2. The van der Waals surface area contributed by atoms with Gasteiger partial charge in [-0.1, -0.05) is 17.7 Å². The van der Waals surface area contributed by atoms with Crippen molar-refractivity contribution in [1.82, 2.24) is 15.3 Å². The molecule has 2 heterocycles. The maximum atomic E-state index is 14.2. The third-order valence-corrected chi connectivity index (χ3v) is 3.37. The Hall–Kier alpha value is -1.76. The number of nitrogens with one attached hydrogen (secondary N) is 2. The topological polar surface area (TPSA) is 59.1 Å². The molecule has 1 aromatic heterocycles. The molecule has 0 amide bonds. The van der Waals surface area contributed by atoms with Crippen LogP contribution in [-0.4, -0.2) is 29.7 Å². The molecule has 0 aliphatic carbocycles. The van der Waals surface area contributed by atoms with Crippen molar-refractivity contribution in [2.45, 2.75) is 6.10 Å². The van der Waals surface area contributed by atoms with Gasteiger partial charge in [0.2, 0.25) is 5.95 Å². The minimum absolute atomic E-state index is 0.121. The Morgan fingerprint density at radius 2 is 2.29 bits per heavy atom. The number of benzene rings is 1. The molecule has 7 heteroatoms. The second kappa shape index (κ2) is 6.34. The van der Waals surface area contributed by atoms with Gasteiger partial charge in [0.1, 0.15) is 11.0 Å². The molecule has 110 valence electrons. The number of anilines is 2. The van der Waals surface area contributed by atoms with Crippen molar-refractivity contribution >= 4 is 23.2 Å². The van der Waals surface area contributed by atoms with Crippen molar-refractivity contribution in [1.29, 1.82) is 0 Å². The highest BCUT2D eigenvalue weighted by Crippen LogP contribution is 2.25. The lowest BCUT2D eigenvalue weighted by Crippen LogP contribution is -2.33. The van der Waals surface area contributed by atoms with Gasteiger partial charge in [-0.25, -0.2) is 14.4 Å². The van der Waals surface area contributed by atoms with Gasteiger partial charge in [-0.2, -0.15) is 0 Å². The average Bonchev–Trinajstić information content (AvgIpc) is 2.50. The van der Waals surface area contributed by atoms with Gasteiger partial charge < -0.3 is 15.4 Å². The molecule has 1 unspecified atom stereocenters. The lowest BCUT2D eigenvalue weighted by molar-refractivity contribution is 0.0275. The molecule has 2 N–H and O–H groups in total. The summed E-state index contributed by atoms with van der Waals surface area (Å²) < 4.78 is 19.8. The van der Waals surface area contributed by atoms with Crippen LogP contribution in [0.15, 0.2) is 30.5 Å². The Kier molecular flexibility index (Phi) is 4.28. The van der Waals surface area contributed by atoms with Gasteiger partial charge in [-0.15, -0.1) is 0 Å². The van der Waals surface area contributed by atoms with E-state index < -0.39 is 0 Å². The number of morpholine rings is 1. The summed E-state index contributed by atoms with van der Waals surface area (Å²) in [5.74, 6) is -0.130. The van der Waals surface area contributed by atoms with E-state index in [0.717, 1.165) is 12.1 Å². The smallest absolute Gasteiger partial charge is 0.228 e. The van der Waals surface area contributed by atoms with Gasteiger partial charge in [0, 0.05) is 19.3 Å². The summed E-state index contributed by atoms with van der Waals surface area (Å²) in [5, 5.41) is 6.32. The largest absolute Gasteiger partial charge is 0.371 e. The van der Waals surface area contributed by atoms with Crippen LogP contribution in [0.3, 0.4) is 0 Å². The maximum absolute atomic E-state index is 14.2. The second-order valence-corrected chi connectivity index (χ2v) is 5.02. The van der Waals surface area contributed by atoms with Crippen LogP contribution in [0, 0.1) is 5.82 Å². The highest BCUT2D eigenvalue weighted by molar-refractivity contribution is 6.29. The number of halogens is 2. The Bertz CT molecular complexity index is 634. The SMILES string of the molecule is Fc1cc(C2CNCCO2)ccc1Nc1nccc(Cl)n1. The minimum Gasteiger partial charge on any atom is -0.371 e. The van der Waals surface area contributed by atoms with Crippen LogP contribution in [0.1, 0.15) is 11.7 Å². The molecule has 0 saturated carbocycles. The molecule has 5 nitrogen and oxygen atoms in total. The minimum atomic E-state index is -0.384. The van der Waals surface area contributed by atoms with Gasteiger partial charge in [-0.05, 0) is 23.8 Å². The highest BCUT2D eigenvalue weighted by Gasteiger charge is 2.17. The second-order valence-electron chi connectivity index (χ2n) is 4.63. The van der Waals surface area contributed by atoms with E-state index in [0.29, 0.717) is 24.0 Å². The highest BCUT2D eigenvalue weighted by atomic mass is 35.5. The van der Waals surface area contributed by atoms with E-state index >= 15 is 0 Å². The third kappa shape index (κ3) is 3.47. The molecule has 0 bridgehead atoms. The van der Waals surface area contributed by atoms with E-state index in [2.05, 4.69) is 20.6 Å². The summed E-state index contributed by atoms with van der Waals surface area (Å²) in [4.78, 5) is 7.94. The van der Waals surface area contributed by atoms with E-state index in [9.17, 15) is 4.39 Å². The molecule has 1 aromatic carbocycles. The first-order chi connectivity index (χ1) is 10.2. The van der Waals surface area contributed by atoms with Gasteiger partial charge in [0.05, 0.1) is 18.4 Å². The summed E-state index contributed by atoms with van der Waals surface area (Å²) in [6, 6.07) is 6.49. The molecule has 2 aromatic rings. The zero-order chi connectivity index (χ0) is 14.7. The fraction of sp³-hybridized carbons (Fsp3) is 0.286. The Balaban J connectivity index is 1.77. The molecule has 1 fully saturated rings. The molecule has 1 saturated heterocycles. The molecule has 0 radical (unpaired) electrons. The lowest BCUT2D eigenvalue weighted by atomic mass is 10.1. The average molecular weight is 309 g/mol. The van der Waals surface area contributed by atoms with Crippen molar-refractivity contribution in [3.8, 4) is 0 Å². The van der Waals surface area contributed by atoms with Gasteiger partial charge in [0.15, 0.2) is 0 Å². The number of aromatic nitrogens is 2. The van der Waals surface area contributed by atoms with E-state index in [-0.39, 0.29) is 17.9 Å². The fourth-order valence-corrected chi connectivity index (χ4v) is 2.27. The molecule has 3 rings (SSSR count). The van der Waals surface area contributed by atoms with Crippen LogP contribution in [0.25, 0.3) is 0 Å². The number of rotatable bonds is 3. The van der Waals surface area contributed by atoms with Gasteiger partial charge in [0.25, 0.3) is 0 Å². The number of ether oxygens (including phenoxy) is 1. The number of hydrogen-bond acceptors (Lipinski definition) is 5. The zero-order valence-corrected chi connectivity index (χ0v) is 11.9. The van der Waals surface area contributed by atoms with E-state index in [1.54, 1.807) is 12.1 Å². The zero-order valence-electron chi connectivity index (χ0n) is 11.1. The summed E-state index contributed by atoms with van der Waals surface area (Å²) in [6.07, 6.45) is 1.38. The van der Waals surface area contributed by atoms with Crippen LogP contribution in [-0.2, 0) is 4.74 Å². The van der Waals surface area contributed by atoms with Crippen LogP contribution >= 0.6 is 11.6 Å². The van der Waals surface area contributed by atoms with E-state index in [4.69, 9.17) is 16.3 Å². The Morgan fingerprint density at radius 3 is 3.00 bits per heavy atom. The first kappa shape index (κ1) is 14.2. The predicted molar refractivity (Wildman–Crippen MR) is 78.3 cm³/mol. The van der Waals surface area contributed by atoms with E-state index in [1.165, 1.54) is 12.3 Å². The molecule has 0 spiro atoms. The number of hydrogen-bond donors (Lipinski definition) is 2. The predicted octanol–water partition coefficient (Wildman–Crippen LogP) is 2.67. The van der Waals surface area contributed by atoms with Crippen molar-refractivity contribution in [3.63, 3.8) is 0 Å². The lowest BCUT2D eigenvalue weighted by Gasteiger charge is -2.24. The summed E-state index contributed by atoms with van der Waals surface area (Å²) >= 11 is 5.77. The van der Waals surface area contributed by atoms with Crippen LogP contribution in [0.4, 0.5) is 16.0 Å². The Morgan fingerprint density at radius 1 is 1.38 bits per heavy atom. The summed E-state index contributed by atoms with van der Waals surface area (Å²) in [7, 11) is 0. The molecular formula is C14H14ClFN4O. The molecule has 1 atom stereocenters. The first-order valence-electron chi connectivity index (χ1n) is 6.60. The molecule has 21 heavy (non-hydrogen) atoms. The van der Waals surface area contributed by atoms with Crippen molar-refractivity contribution in [3.05, 3.63) is 47.0 Å². The maximum Gasteiger partial charge on any atom is 0.228 e. The van der Waals surface area contributed by atoms with Crippen LogP contribution in [0.2, 0.25) is 5.15 Å². The summed E-state index contributed by atoms with van der Waals surface area (Å²) in [5.41, 5.74) is 1.10. The van der Waals surface area contributed by atoms with Gasteiger partial charge >= 0.3 is 0 Å². The normalized spacial score (nSPS) is 18.5. The molecule has 1 aliphatic rings. The standard InChI is InChI=1S/C14H14ClFN4O/c15-13-3-4-18-14(20-13)19-11-2-1-9(7-10(11)16)12-8-17-5-6-21-12/h1-4,7,12,17H,5-6,8H2,(H,18,19,20). The fourth-order valence-electron chi connectivity index (χ4n) is 2.13. The first-order valence-corrected chi connectivity index (χ1v) is 6.97. The van der Waals surface area contributed by atoms with Crippen LogP contribution < -0.4 is 10.6 Å². The van der Waals surface area contributed by atoms with Gasteiger partial charge in [-0.3, -0.25) is 0 Å². The van der Waals surface area contributed by atoms with E-state index in [1.807, 2.05) is 6.07 Å². The molecule has 1 aliphatic heterocycles. The molecular weight excluding hydrogens is 295 g/mol. The van der Waals surface area contributed by atoms with Crippen molar-refractivity contribution in [2.75, 3.05) is 25.0 Å². The Labute approximate surface area is 126 Å². The summed E-state index contributed by atoms with van der Waals surface area (Å²) in [6.45, 7) is 2.14. The quantitative estimate of drug-likeness (QED) is 0.854. The third-order valence-electron chi connectivity index (χ3n) is 3.16. The van der Waals surface area contributed by atoms with Crippen LogP contribution in [0.5, 0.6) is 0 Å². The van der Waals surface area contributed by atoms with Crippen molar-refractivity contribution < 1.29 is 9.13 Å². The monoisotopic (exact) mass is 308 g/mol. The van der Waals surface area contributed by atoms with Crippen molar-refractivity contribution in [2.24, 2.45) is 0 Å².